The maximum absolute atomic E-state index is 13.0. The van der Waals surface area contributed by atoms with Crippen LogP contribution >= 0.6 is 0 Å². The smallest absolute Gasteiger partial charge is 0.259 e. The summed E-state index contributed by atoms with van der Waals surface area (Å²) in [6.07, 6.45) is -0.124. The maximum atomic E-state index is 13.0. The number of halogens is 1. The summed E-state index contributed by atoms with van der Waals surface area (Å²) in [4.78, 5) is 23.6. The molecule has 0 N–H and O–H groups in total. The molecule has 0 aliphatic carbocycles. The van der Waals surface area contributed by atoms with Crippen LogP contribution in [0.25, 0.3) is 0 Å². The summed E-state index contributed by atoms with van der Waals surface area (Å²) < 4.78 is 17.8. The number of carbonyl (C=O) groups is 2. The monoisotopic (exact) mass is 223 g/mol. The minimum atomic E-state index is -0.749. The fourth-order valence-electron chi connectivity index (χ4n) is 1.78. The van der Waals surface area contributed by atoms with Crippen molar-refractivity contribution in [2.45, 2.75) is 12.1 Å². The third-order valence-electron chi connectivity index (χ3n) is 2.57. The van der Waals surface area contributed by atoms with Gasteiger partial charge in [0.2, 0.25) is 0 Å². The minimum absolute atomic E-state index is 0.329. The molecule has 5 heteroatoms. The van der Waals surface area contributed by atoms with E-state index in [0.29, 0.717) is 12.0 Å². The van der Waals surface area contributed by atoms with Gasteiger partial charge in [-0.3, -0.25) is 9.69 Å². The van der Waals surface area contributed by atoms with Crippen molar-refractivity contribution >= 4 is 17.9 Å². The summed E-state index contributed by atoms with van der Waals surface area (Å²) in [7, 11) is 1.36. The van der Waals surface area contributed by atoms with Gasteiger partial charge in [-0.05, 0) is 18.2 Å². The topological polar surface area (TPSA) is 46.6 Å². The Morgan fingerprint density at radius 1 is 1.50 bits per heavy atom. The van der Waals surface area contributed by atoms with E-state index in [0.717, 1.165) is 0 Å². The number of nitrogens with zero attached hydrogens (tertiary/aromatic N) is 1. The first-order chi connectivity index (χ1) is 7.69. The maximum Gasteiger partial charge on any atom is 0.259 e. The minimum Gasteiger partial charge on any atom is -0.369 e. The van der Waals surface area contributed by atoms with Crippen molar-refractivity contribution in [1.29, 1.82) is 0 Å². The normalized spacial score (nSPS) is 24.1. The predicted molar refractivity (Wildman–Crippen MR) is 54.5 cm³/mol. The van der Waals surface area contributed by atoms with Crippen LogP contribution in [0.1, 0.15) is 0 Å². The van der Waals surface area contributed by atoms with Crippen LogP contribution < -0.4 is 4.90 Å². The molecule has 1 fully saturated rings. The molecule has 1 aromatic rings. The molecule has 0 unspecified atom stereocenters. The Hall–Kier alpha value is -1.75. The van der Waals surface area contributed by atoms with Gasteiger partial charge in [-0.15, -0.1) is 0 Å². The molecule has 2 rings (SSSR count). The number of aldehydes is 1. The lowest BCUT2D eigenvalue weighted by Crippen LogP contribution is -2.66. The summed E-state index contributed by atoms with van der Waals surface area (Å²) in [6, 6.07) is 4.88. The van der Waals surface area contributed by atoms with E-state index in [9.17, 15) is 14.0 Å². The molecule has 1 aliphatic heterocycles. The second-order valence-corrected chi connectivity index (χ2v) is 3.47. The lowest BCUT2D eigenvalue weighted by molar-refractivity contribution is -0.142. The highest BCUT2D eigenvalue weighted by Crippen LogP contribution is 2.28. The molecule has 0 bridgehead atoms. The number of amides is 1. The molecule has 1 amide bonds. The van der Waals surface area contributed by atoms with Crippen LogP contribution in [0.2, 0.25) is 0 Å². The molecule has 84 valence electrons. The first-order valence-electron chi connectivity index (χ1n) is 4.75. The Morgan fingerprint density at radius 3 is 2.81 bits per heavy atom. The van der Waals surface area contributed by atoms with Crippen LogP contribution in [0.5, 0.6) is 0 Å². The van der Waals surface area contributed by atoms with Gasteiger partial charge in [0, 0.05) is 12.8 Å². The summed E-state index contributed by atoms with van der Waals surface area (Å²) in [5, 5.41) is 0. The van der Waals surface area contributed by atoms with E-state index in [-0.39, 0.29) is 5.91 Å². The molecule has 0 saturated carbocycles. The van der Waals surface area contributed by atoms with E-state index >= 15 is 0 Å². The summed E-state index contributed by atoms with van der Waals surface area (Å²) in [6.45, 7) is 0. The summed E-state index contributed by atoms with van der Waals surface area (Å²) >= 11 is 0. The largest absolute Gasteiger partial charge is 0.369 e. The SMILES string of the molecule is CO[C@@H]1C(=O)N(c2cccc(F)c2)[C@H]1C=O. The number of ether oxygens (including phenoxy) is 1. The highest BCUT2D eigenvalue weighted by molar-refractivity contribution is 6.09. The number of hydrogen-bond acceptors (Lipinski definition) is 3. The van der Waals surface area contributed by atoms with E-state index < -0.39 is 18.0 Å². The molecule has 0 aromatic heterocycles. The number of anilines is 1. The van der Waals surface area contributed by atoms with Gasteiger partial charge in [-0.25, -0.2) is 4.39 Å². The van der Waals surface area contributed by atoms with Crippen LogP contribution in [-0.4, -0.2) is 31.4 Å². The Kier molecular flexibility index (Phi) is 2.70. The molecular weight excluding hydrogens is 213 g/mol. The van der Waals surface area contributed by atoms with E-state index in [1.807, 2.05) is 0 Å². The number of hydrogen-bond donors (Lipinski definition) is 0. The molecule has 1 aliphatic rings. The number of β-lactam (4-membered cyclic amide) rings is 1. The van der Waals surface area contributed by atoms with Crippen LogP contribution in [0.4, 0.5) is 10.1 Å². The zero-order valence-corrected chi connectivity index (χ0v) is 8.59. The number of rotatable bonds is 3. The summed E-state index contributed by atoms with van der Waals surface area (Å²) in [5.74, 6) is -0.777. The number of carbonyl (C=O) groups excluding carboxylic acids is 2. The van der Waals surface area contributed by atoms with Crippen LogP contribution in [0, 0.1) is 5.82 Å². The first kappa shape index (κ1) is 10.8. The van der Waals surface area contributed by atoms with E-state index in [4.69, 9.17) is 4.74 Å². The molecule has 0 radical (unpaired) electrons. The lowest BCUT2D eigenvalue weighted by atomic mass is 9.98. The fourth-order valence-corrected chi connectivity index (χ4v) is 1.78. The highest BCUT2D eigenvalue weighted by atomic mass is 19.1. The lowest BCUT2D eigenvalue weighted by Gasteiger charge is -2.42. The van der Waals surface area contributed by atoms with Crippen molar-refractivity contribution in [2.75, 3.05) is 12.0 Å². The van der Waals surface area contributed by atoms with Gasteiger partial charge < -0.3 is 9.53 Å². The fraction of sp³-hybridized carbons (Fsp3) is 0.273. The van der Waals surface area contributed by atoms with Gasteiger partial charge in [0.05, 0.1) is 0 Å². The van der Waals surface area contributed by atoms with Crippen molar-refractivity contribution in [3.8, 4) is 0 Å². The standard InChI is InChI=1S/C11H10FNO3/c1-16-10-9(6-14)13(11(10)15)8-4-2-3-7(12)5-8/h2-6,9-10H,1H3/t9-,10-/m0/s1. The zero-order valence-electron chi connectivity index (χ0n) is 8.59. The van der Waals surface area contributed by atoms with Crippen molar-refractivity contribution in [2.24, 2.45) is 0 Å². The molecule has 0 spiro atoms. The summed E-state index contributed by atoms with van der Waals surface area (Å²) in [5.41, 5.74) is 0.371. The Balaban J connectivity index is 2.29. The van der Waals surface area contributed by atoms with Gasteiger partial charge in [-0.1, -0.05) is 6.07 Å². The molecule has 16 heavy (non-hydrogen) atoms. The predicted octanol–water partition coefficient (Wildman–Crippen LogP) is 0.755. The van der Waals surface area contributed by atoms with E-state index in [1.54, 1.807) is 6.07 Å². The third kappa shape index (κ3) is 1.49. The van der Waals surface area contributed by atoms with Crippen molar-refractivity contribution in [3.05, 3.63) is 30.1 Å². The first-order valence-corrected chi connectivity index (χ1v) is 4.75. The highest BCUT2D eigenvalue weighted by Gasteiger charge is 2.48. The van der Waals surface area contributed by atoms with Crippen molar-refractivity contribution < 1.29 is 18.7 Å². The quantitative estimate of drug-likeness (QED) is 0.561. The van der Waals surface area contributed by atoms with E-state index in [1.165, 1.54) is 30.2 Å². The van der Waals surface area contributed by atoms with Gasteiger partial charge >= 0.3 is 0 Å². The third-order valence-corrected chi connectivity index (χ3v) is 2.57. The Morgan fingerprint density at radius 2 is 2.25 bits per heavy atom. The second-order valence-electron chi connectivity index (χ2n) is 3.47. The number of benzene rings is 1. The van der Waals surface area contributed by atoms with Crippen molar-refractivity contribution in [1.82, 2.24) is 0 Å². The molecule has 1 aromatic carbocycles. The van der Waals surface area contributed by atoms with Crippen LogP contribution in [0.3, 0.4) is 0 Å². The molecular formula is C11H10FNO3. The Labute approximate surface area is 91.6 Å². The number of methoxy groups -OCH3 is 1. The van der Waals surface area contributed by atoms with Gasteiger partial charge in [0.25, 0.3) is 5.91 Å². The second kappa shape index (κ2) is 4.02. The van der Waals surface area contributed by atoms with Gasteiger partial charge in [0.1, 0.15) is 18.1 Å². The average Bonchev–Trinajstić information content (AvgIpc) is 2.26. The van der Waals surface area contributed by atoms with Crippen LogP contribution in [-0.2, 0) is 14.3 Å². The molecule has 4 nitrogen and oxygen atoms in total. The molecule has 1 heterocycles. The zero-order chi connectivity index (χ0) is 11.7. The van der Waals surface area contributed by atoms with Crippen LogP contribution in [0.15, 0.2) is 24.3 Å². The average molecular weight is 223 g/mol. The van der Waals surface area contributed by atoms with E-state index in [2.05, 4.69) is 0 Å². The molecule has 2 atom stereocenters. The molecule has 1 saturated heterocycles. The Bertz CT molecular complexity index is 435. The van der Waals surface area contributed by atoms with Crippen molar-refractivity contribution in [3.63, 3.8) is 0 Å². The van der Waals surface area contributed by atoms with Gasteiger partial charge in [0.15, 0.2) is 6.10 Å². The van der Waals surface area contributed by atoms with Gasteiger partial charge in [-0.2, -0.15) is 0 Å².